The summed E-state index contributed by atoms with van der Waals surface area (Å²) in [5.41, 5.74) is 5.41. The number of halogens is 2. The first-order valence-electron chi connectivity index (χ1n) is 12.1. The van der Waals surface area contributed by atoms with Crippen molar-refractivity contribution in [1.82, 2.24) is 0 Å². The number of hydrogen-bond donors (Lipinski definition) is 0. The fourth-order valence-corrected chi connectivity index (χ4v) is 6.11. The summed E-state index contributed by atoms with van der Waals surface area (Å²) in [6.45, 7) is 9.44. The van der Waals surface area contributed by atoms with Crippen LogP contribution in [-0.2, 0) is 20.8 Å². The molecule has 0 bridgehead atoms. The molecule has 0 saturated heterocycles. The van der Waals surface area contributed by atoms with E-state index in [1.807, 2.05) is 0 Å². The van der Waals surface area contributed by atoms with Gasteiger partial charge >= 0.3 is 37.9 Å². The van der Waals surface area contributed by atoms with Gasteiger partial charge in [-0.3, -0.25) is 0 Å². The van der Waals surface area contributed by atoms with E-state index >= 15 is 0 Å². The Balaban J connectivity index is 0.000000806. The van der Waals surface area contributed by atoms with E-state index in [1.54, 1.807) is 0 Å². The van der Waals surface area contributed by atoms with E-state index in [0.717, 1.165) is 0 Å². The average Bonchev–Trinajstić information content (AvgIpc) is 3.39. The van der Waals surface area contributed by atoms with Gasteiger partial charge in [-0.15, -0.1) is 0 Å². The number of fused-ring (bicyclic) bond motifs is 6. The number of rotatable bonds is 3. The molecule has 2 atom stereocenters. The fourth-order valence-electron chi connectivity index (χ4n) is 6.11. The summed E-state index contributed by atoms with van der Waals surface area (Å²) < 4.78 is 0. The summed E-state index contributed by atoms with van der Waals surface area (Å²) >= 11 is -0.826. The topological polar surface area (TPSA) is 0 Å². The molecule has 0 aliphatic heterocycles. The average molecular weight is 575 g/mol. The molecule has 0 amide bonds. The van der Waals surface area contributed by atoms with E-state index in [1.165, 1.54) is 69.6 Å². The Morgan fingerprint density at radius 2 is 0.971 bits per heavy atom. The minimum atomic E-state index is -0.826. The summed E-state index contributed by atoms with van der Waals surface area (Å²) in [5.74, 6) is 12.3. The van der Waals surface area contributed by atoms with Crippen molar-refractivity contribution in [2.75, 3.05) is 0 Å². The van der Waals surface area contributed by atoms with E-state index in [2.05, 4.69) is 113 Å². The molecule has 0 N–H and O–H groups in total. The molecule has 0 unspecified atom stereocenters. The minimum absolute atomic E-state index is 0.418. The Morgan fingerprint density at radius 3 is 1.37 bits per heavy atom. The zero-order chi connectivity index (χ0) is 24.7. The SMILES string of the molecule is C[C]1[CH][C]2C=Cc3ccccc3[C]2[C]1[C@H](C)[C@@H](C)[C]1[C](C)[CH][C]2C=Cc3ccccc3[C]21.[Cl][Zr+2][Cl]. The molecule has 10 radical (unpaired) electrons. The molecule has 4 aliphatic rings. The molecule has 2 aromatic rings. The molecule has 0 aromatic heterocycles. The molecule has 3 heteroatoms. The second-order valence-electron chi connectivity index (χ2n) is 9.63. The molecular weight excluding hydrogens is 546 g/mol. The van der Waals surface area contributed by atoms with Gasteiger partial charge in [0.15, 0.2) is 0 Å². The quantitative estimate of drug-likeness (QED) is 0.344. The molecule has 2 saturated carbocycles. The third kappa shape index (κ3) is 4.73. The van der Waals surface area contributed by atoms with Gasteiger partial charge in [-0.25, -0.2) is 0 Å². The van der Waals surface area contributed by atoms with E-state index in [9.17, 15) is 0 Å². The van der Waals surface area contributed by atoms with Crippen LogP contribution < -0.4 is 0 Å². The van der Waals surface area contributed by atoms with Crippen molar-refractivity contribution in [1.29, 1.82) is 0 Å². The van der Waals surface area contributed by atoms with E-state index in [0.29, 0.717) is 11.8 Å². The van der Waals surface area contributed by atoms with Crippen molar-refractivity contribution in [3.8, 4) is 0 Å². The maximum absolute atomic E-state index is 4.93. The van der Waals surface area contributed by atoms with E-state index in [4.69, 9.17) is 17.0 Å². The van der Waals surface area contributed by atoms with Crippen LogP contribution in [0.25, 0.3) is 12.2 Å². The molecular formula is C32H28Cl2Zr+2. The van der Waals surface area contributed by atoms with E-state index < -0.39 is 20.8 Å². The molecule has 35 heavy (non-hydrogen) atoms. The van der Waals surface area contributed by atoms with Crippen molar-refractivity contribution < 1.29 is 20.8 Å². The van der Waals surface area contributed by atoms with Gasteiger partial charge in [0.1, 0.15) is 0 Å². The van der Waals surface area contributed by atoms with Gasteiger partial charge in [0.25, 0.3) is 0 Å². The third-order valence-electron chi connectivity index (χ3n) is 7.72. The zero-order valence-corrected chi connectivity index (χ0v) is 24.5. The predicted octanol–water partition coefficient (Wildman–Crippen LogP) is 8.86. The van der Waals surface area contributed by atoms with Gasteiger partial charge in [0.2, 0.25) is 0 Å². The Hall–Kier alpha value is -0.617. The van der Waals surface area contributed by atoms with Crippen LogP contribution in [0, 0.1) is 72.0 Å². The zero-order valence-electron chi connectivity index (χ0n) is 20.5. The molecule has 0 spiro atoms. The fraction of sp³-hybridized carbons (Fsp3) is 0.188. The van der Waals surface area contributed by atoms with Crippen LogP contribution in [0.4, 0.5) is 0 Å². The summed E-state index contributed by atoms with van der Waals surface area (Å²) in [6, 6.07) is 17.7. The molecule has 0 heterocycles. The van der Waals surface area contributed by atoms with Crippen LogP contribution in [0.5, 0.6) is 0 Å². The first kappa shape index (κ1) is 26.0. The summed E-state index contributed by atoms with van der Waals surface area (Å²) in [5, 5.41) is 0. The normalized spacial score (nSPS) is 23.1. The van der Waals surface area contributed by atoms with Crippen LogP contribution in [-0.4, -0.2) is 0 Å². The van der Waals surface area contributed by atoms with Crippen LogP contribution in [0.15, 0.2) is 60.7 Å². The first-order chi connectivity index (χ1) is 17.0. The Labute approximate surface area is 231 Å². The standard InChI is InChI=1S/C32H28.2ClH.Zr/c1-19-17-25-15-13-23-9-5-7-11-27(23)31(25)29(19)21(3)22(4)30-20(2)18-26-16-14-24-10-6-8-12-28(24)32(26)30;;;/h5-18,21-22H,1-4H3;2*1H;/q;;;+4/p-2/t21-,22-;;;/m1.../s1. The molecule has 2 aromatic carbocycles. The number of benzene rings is 2. The Bertz CT molecular complexity index is 1000. The van der Waals surface area contributed by atoms with E-state index in [-0.39, 0.29) is 0 Å². The van der Waals surface area contributed by atoms with Crippen molar-refractivity contribution in [3.05, 3.63) is 143 Å². The number of hydrogen-bond acceptors (Lipinski definition) is 0. The Kier molecular flexibility index (Phi) is 8.18. The van der Waals surface area contributed by atoms with Crippen molar-refractivity contribution in [3.63, 3.8) is 0 Å². The monoisotopic (exact) mass is 572 g/mol. The van der Waals surface area contributed by atoms with Crippen LogP contribution >= 0.6 is 17.0 Å². The molecule has 0 nitrogen and oxygen atoms in total. The summed E-state index contributed by atoms with van der Waals surface area (Å²) in [4.78, 5) is 0. The van der Waals surface area contributed by atoms with Gasteiger partial charge in [0.05, 0.1) is 0 Å². The molecule has 172 valence electrons. The van der Waals surface area contributed by atoms with Crippen LogP contribution in [0.3, 0.4) is 0 Å². The number of allylic oxidation sites excluding steroid dienone is 2. The maximum atomic E-state index is 4.93. The van der Waals surface area contributed by atoms with Crippen LogP contribution in [0.2, 0.25) is 0 Å². The van der Waals surface area contributed by atoms with Crippen molar-refractivity contribution in [2.24, 2.45) is 11.8 Å². The summed E-state index contributed by atoms with van der Waals surface area (Å²) in [6.07, 6.45) is 13.9. The second-order valence-corrected chi connectivity index (χ2v) is 13.4. The van der Waals surface area contributed by atoms with Crippen molar-refractivity contribution in [2.45, 2.75) is 27.7 Å². The van der Waals surface area contributed by atoms with Gasteiger partial charge in [-0.2, -0.15) is 0 Å². The molecule has 6 rings (SSSR count). The molecule has 2 fully saturated rings. The second kappa shape index (κ2) is 11.0. The van der Waals surface area contributed by atoms with Gasteiger partial charge in [-0.1, -0.05) is 101 Å². The van der Waals surface area contributed by atoms with Gasteiger partial charge < -0.3 is 0 Å². The first-order valence-corrected chi connectivity index (χ1v) is 18.4. The van der Waals surface area contributed by atoms with Crippen molar-refractivity contribution >= 4 is 29.2 Å². The third-order valence-corrected chi connectivity index (χ3v) is 7.72. The van der Waals surface area contributed by atoms with Crippen LogP contribution in [0.1, 0.15) is 49.9 Å². The Morgan fingerprint density at radius 1 is 0.600 bits per heavy atom. The predicted molar refractivity (Wildman–Crippen MR) is 145 cm³/mol. The van der Waals surface area contributed by atoms with Gasteiger partial charge in [0, 0.05) is 23.7 Å². The molecule has 4 aliphatic carbocycles. The van der Waals surface area contributed by atoms with Gasteiger partial charge in [-0.05, 0) is 70.6 Å². The summed E-state index contributed by atoms with van der Waals surface area (Å²) in [7, 11) is 9.87.